The van der Waals surface area contributed by atoms with Crippen molar-refractivity contribution in [1.29, 1.82) is 0 Å². The molecule has 0 aliphatic heterocycles. The van der Waals surface area contributed by atoms with Gasteiger partial charge in [0.1, 0.15) is 5.75 Å². The molecule has 0 unspecified atom stereocenters. The smallest absolute Gasteiger partial charge is 0.423 e. The number of aromatic nitrogens is 1. The maximum absolute atomic E-state index is 12.9. The first-order valence-electron chi connectivity index (χ1n) is 9.08. The minimum Gasteiger partial charge on any atom is -0.423 e. The van der Waals surface area contributed by atoms with Gasteiger partial charge in [0.25, 0.3) is 0 Å². The summed E-state index contributed by atoms with van der Waals surface area (Å²) in [6, 6.07) is 22.8. The van der Waals surface area contributed by atoms with E-state index in [1.807, 2.05) is 73.7 Å². The molecule has 1 heterocycles. The molecule has 0 aliphatic rings. The first kappa shape index (κ1) is 23.2. The van der Waals surface area contributed by atoms with Crippen LogP contribution in [-0.2, 0) is 10.1 Å². The maximum atomic E-state index is 12.9. The largest absolute Gasteiger partial charge is 0.522 e. The summed E-state index contributed by atoms with van der Waals surface area (Å²) in [6.07, 6.45) is 0. The number of halogens is 3. The highest BCUT2D eigenvalue weighted by atomic mass is 32.2. The van der Waals surface area contributed by atoms with Crippen molar-refractivity contribution in [1.82, 2.24) is 4.98 Å². The lowest BCUT2D eigenvalue weighted by Crippen LogP contribution is -2.21. The summed E-state index contributed by atoms with van der Waals surface area (Å²) < 4.78 is 63.2. The highest BCUT2D eigenvalue weighted by molar-refractivity contribution is 7.86. The zero-order chi connectivity index (χ0) is 23.5. The van der Waals surface area contributed by atoms with E-state index in [-0.39, 0.29) is 5.97 Å². The minimum absolute atomic E-state index is 0.362. The minimum atomic E-state index is -5.84. The van der Waals surface area contributed by atoms with E-state index in [0.29, 0.717) is 11.3 Å². The molecule has 4 aromatic rings. The van der Waals surface area contributed by atoms with E-state index in [0.717, 1.165) is 27.4 Å². The molecule has 0 aliphatic carbocycles. The average molecular weight is 463 g/mol. The van der Waals surface area contributed by atoms with Gasteiger partial charge < -0.3 is 4.74 Å². The van der Waals surface area contributed by atoms with E-state index in [9.17, 15) is 18.0 Å². The Labute approximate surface area is 181 Å². The van der Waals surface area contributed by atoms with Crippen LogP contribution in [0.2, 0.25) is 0 Å². The summed E-state index contributed by atoms with van der Waals surface area (Å²) in [5, 5.41) is 1.60. The number of aryl methyl sites for hydroxylation is 1. The number of pyridine rings is 1. The topological polar surface area (TPSA) is 93.6 Å². The van der Waals surface area contributed by atoms with E-state index < -0.39 is 15.6 Å². The SMILES string of the molecule is Cc1ccccc1OC(=O)c1c2ccccc2nc2ccccc12.O=S(=O)(O)C(F)(F)F. The van der Waals surface area contributed by atoms with Crippen LogP contribution in [-0.4, -0.2) is 29.4 Å². The molecule has 0 saturated heterocycles. The Morgan fingerprint density at radius 1 is 0.875 bits per heavy atom. The van der Waals surface area contributed by atoms with Crippen molar-refractivity contribution in [2.75, 3.05) is 0 Å². The molecule has 1 N–H and O–H groups in total. The fraction of sp³-hybridized carbons (Fsp3) is 0.0909. The Hall–Kier alpha value is -3.50. The standard InChI is InChI=1S/C21H15NO2.CHF3O3S/c1-14-8-2-7-13-19(14)24-21(23)20-15-9-3-5-11-17(15)22-18-12-6-4-10-16(18)20;2-1(3,4)8(5,6)7/h2-13H,1H3;(H,5,6,7). The molecule has 0 atom stereocenters. The van der Waals surface area contributed by atoms with Gasteiger partial charge in [0.2, 0.25) is 0 Å². The van der Waals surface area contributed by atoms with Crippen molar-refractivity contribution in [3.63, 3.8) is 0 Å². The van der Waals surface area contributed by atoms with Crippen molar-refractivity contribution in [2.45, 2.75) is 12.4 Å². The summed E-state index contributed by atoms with van der Waals surface area (Å²) >= 11 is 0. The Morgan fingerprint density at radius 2 is 1.31 bits per heavy atom. The van der Waals surface area contributed by atoms with Gasteiger partial charge in [0, 0.05) is 10.8 Å². The van der Waals surface area contributed by atoms with E-state index in [4.69, 9.17) is 17.7 Å². The molecule has 4 rings (SSSR count). The van der Waals surface area contributed by atoms with Gasteiger partial charge in [-0.25, -0.2) is 9.78 Å². The third-order valence-corrected chi connectivity index (χ3v) is 4.97. The predicted molar refractivity (Wildman–Crippen MR) is 113 cm³/mol. The number of alkyl halides is 3. The highest BCUT2D eigenvalue weighted by Crippen LogP contribution is 2.28. The Morgan fingerprint density at radius 3 is 1.78 bits per heavy atom. The number of carbonyl (C=O) groups excluding carboxylic acids is 1. The molecule has 10 heteroatoms. The van der Waals surface area contributed by atoms with Gasteiger partial charge in [-0.3, -0.25) is 4.55 Å². The van der Waals surface area contributed by atoms with Gasteiger partial charge in [-0.2, -0.15) is 21.6 Å². The lowest BCUT2D eigenvalue weighted by molar-refractivity contribution is -0.0510. The maximum Gasteiger partial charge on any atom is 0.522 e. The van der Waals surface area contributed by atoms with Crippen LogP contribution in [0.1, 0.15) is 15.9 Å². The van der Waals surface area contributed by atoms with Crippen LogP contribution in [0.4, 0.5) is 13.2 Å². The third-order valence-electron chi connectivity index (χ3n) is 4.38. The molecular formula is C22H16F3NO5S. The lowest BCUT2D eigenvalue weighted by atomic mass is 10.0. The Bertz CT molecular complexity index is 1350. The van der Waals surface area contributed by atoms with Crippen molar-refractivity contribution >= 4 is 37.9 Å². The van der Waals surface area contributed by atoms with Gasteiger partial charge in [-0.1, -0.05) is 54.6 Å². The van der Waals surface area contributed by atoms with Gasteiger partial charge in [-0.05, 0) is 30.7 Å². The van der Waals surface area contributed by atoms with Crippen LogP contribution in [0.25, 0.3) is 21.8 Å². The van der Waals surface area contributed by atoms with E-state index in [2.05, 4.69) is 4.98 Å². The second-order valence-corrected chi connectivity index (χ2v) is 8.01. The van der Waals surface area contributed by atoms with Crippen LogP contribution in [0, 0.1) is 6.92 Å². The molecule has 0 amide bonds. The van der Waals surface area contributed by atoms with Crippen LogP contribution in [0.15, 0.2) is 72.8 Å². The zero-order valence-corrected chi connectivity index (χ0v) is 17.3. The van der Waals surface area contributed by atoms with Gasteiger partial charge in [0.05, 0.1) is 16.6 Å². The summed E-state index contributed by atoms with van der Waals surface area (Å²) in [7, 11) is -5.84. The van der Waals surface area contributed by atoms with Crippen molar-refractivity contribution in [2.24, 2.45) is 0 Å². The molecule has 0 radical (unpaired) electrons. The fourth-order valence-electron chi connectivity index (χ4n) is 2.88. The first-order valence-corrected chi connectivity index (χ1v) is 10.5. The quantitative estimate of drug-likeness (QED) is 0.142. The van der Waals surface area contributed by atoms with E-state index in [1.165, 1.54) is 0 Å². The summed E-state index contributed by atoms with van der Waals surface area (Å²) in [6.45, 7) is 1.92. The number of hydrogen-bond donors (Lipinski definition) is 1. The summed E-state index contributed by atoms with van der Waals surface area (Å²) in [5.41, 5.74) is -2.48. The van der Waals surface area contributed by atoms with Gasteiger partial charge in [-0.15, -0.1) is 0 Å². The summed E-state index contributed by atoms with van der Waals surface area (Å²) in [4.78, 5) is 17.6. The van der Waals surface area contributed by atoms with Crippen molar-refractivity contribution in [3.05, 3.63) is 83.9 Å². The number of nitrogens with zero attached hydrogens (tertiary/aromatic N) is 1. The van der Waals surface area contributed by atoms with Crippen molar-refractivity contribution < 1.29 is 35.7 Å². The molecule has 0 saturated carbocycles. The van der Waals surface area contributed by atoms with Crippen molar-refractivity contribution in [3.8, 4) is 5.75 Å². The number of hydrogen-bond acceptors (Lipinski definition) is 5. The number of benzene rings is 3. The van der Waals surface area contributed by atoms with E-state index in [1.54, 1.807) is 6.07 Å². The lowest BCUT2D eigenvalue weighted by Gasteiger charge is -2.11. The predicted octanol–water partition coefficient (Wildman–Crippen LogP) is 5.31. The molecule has 0 bridgehead atoms. The molecule has 0 fully saturated rings. The first-order chi connectivity index (χ1) is 15.0. The Kier molecular flexibility index (Phi) is 6.47. The molecule has 3 aromatic carbocycles. The second kappa shape index (κ2) is 8.93. The highest BCUT2D eigenvalue weighted by Gasteiger charge is 2.44. The average Bonchev–Trinajstić information content (AvgIpc) is 2.72. The Balaban J connectivity index is 0.000000312. The summed E-state index contributed by atoms with van der Waals surface area (Å²) in [5.74, 6) is 0.214. The third kappa shape index (κ3) is 5.04. The monoisotopic (exact) mass is 463 g/mol. The molecular weight excluding hydrogens is 447 g/mol. The van der Waals surface area contributed by atoms with Crippen LogP contribution >= 0.6 is 0 Å². The molecule has 0 spiro atoms. The number of fused-ring (bicyclic) bond motifs is 2. The number of ether oxygens (including phenoxy) is 1. The zero-order valence-electron chi connectivity index (χ0n) is 16.5. The van der Waals surface area contributed by atoms with Crippen LogP contribution in [0.3, 0.4) is 0 Å². The van der Waals surface area contributed by atoms with Crippen LogP contribution in [0.5, 0.6) is 5.75 Å². The number of para-hydroxylation sites is 3. The van der Waals surface area contributed by atoms with Gasteiger partial charge >= 0.3 is 21.6 Å². The fourth-order valence-corrected chi connectivity index (χ4v) is 2.88. The normalized spacial score (nSPS) is 11.7. The second-order valence-electron chi connectivity index (χ2n) is 6.60. The number of rotatable bonds is 2. The molecule has 166 valence electrons. The number of esters is 1. The number of carbonyl (C=O) groups is 1. The van der Waals surface area contributed by atoms with E-state index >= 15 is 0 Å². The van der Waals surface area contributed by atoms with Gasteiger partial charge in [0.15, 0.2) is 0 Å². The molecule has 32 heavy (non-hydrogen) atoms. The molecule has 6 nitrogen and oxygen atoms in total. The molecule has 1 aromatic heterocycles. The van der Waals surface area contributed by atoms with Crippen LogP contribution < -0.4 is 4.74 Å².